The van der Waals surface area contributed by atoms with Crippen molar-refractivity contribution in [2.24, 2.45) is 0 Å². The monoisotopic (exact) mass is 432 g/mol. The average Bonchev–Trinajstić information content (AvgIpc) is 3.19. The molecule has 4 rings (SSSR count). The molecule has 8 heteroatoms. The van der Waals surface area contributed by atoms with Gasteiger partial charge in [0.25, 0.3) is 0 Å². The van der Waals surface area contributed by atoms with E-state index in [0.29, 0.717) is 28.3 Å². The Morgan fingerprint density at radius 2 is 2.10 bits per heavy atom. The first-order valence-electron chi connectivity index (χ1n) is 9.35. The van der Waals surface area contributed by atoms with E-state index in [-0.39, 0.29) is 29.9 Å². The standard InChI is InChI=1S/C21H21ClN2O4S/c1-13-10-17(14(2)24(13)15-7-9-29(26,27)12-15)19(25)11-28-20-6-5-18(22)16-4-3-8-23-21(16)20/h3-6,8,10,15H,7,9,11-12H2,1-2H3/t15-/m0/s1. The molecule has 29 heavy (non-hydrogen) atoms. The molecule has 0 spiro atoms. The fraction of sp³-hybridized carbons (Fsp3) is 0.333. The number of nitrogens with zero attached hydrogens (tertiary/aromatic N) is 2. The summed E-state index contributed by atoms with van der Waals surface area (Å²) in [6.07, 6.45) is 2.22. The van der Waals surface area contributed by atoms with Crippen LogP contribution in [0.15, 0.2) is 36.5 Å². The van der Waals surface area contributed by atoms with Crippen LogP contribution in [0.5, 0.6) is 5.75 Å². The molecule has 6 nitrogen and oxygen atoms in total. The number of sulfone groups is 1. The third-order valence-electron chi connectivity index (χ3n) is 5.40. The van der Waals surface area contributed by atoms with Gasteiger partial charge in [-0.05, 0) is 50.6 Å². The lowest BCUT2D eigenvalue weighted by Gasteiger charge is -2.16. The molecule has 1 fully saturated rings. The second kappa shape index (κ2) is 7.46. The highest BCUT2D eigenvalue weighted by Crippen LogP contribution is 2.31. The summed E-state index contributed by atoms with van der Waals surface area (Å²) in [5.41, 5.74) is 2.82. The second-order valence-corrected chi connectivity index (χ2v) is 10.0. The van der Waals surface area contributed by atoms with Crippen molar-refractivity contribution in [3.8, 4) is 5.75 Å². The number of rotatable bonds is 5. The maximum absolute atomic E-state index is 12.8. The molecule has 0 unspecified atom stereocenters. The zero-order valence-electron chi connectivity index (χ0n) is 16.2. The number of pyridine rings is 1. The van der Waals surface area contributed by atoms with Crippen LogP contribution < -0.4 is 4.74 Å². The first-order chi connectivity index (χ1) is 13.8. The van der Waals surface area contributed by atoms with Crippen molar-refractivity contribution in [2.75, 3.05) is 18.1 Å². The SMILES string of the molecule is Cc1cc(C(=O)COc2ccc(Cl)c3cccnc23)c(C)n1[C@H]1CCS(=O)(=O)C1. The van der Waals surface area contributed by atoms with Gasteiger partial charge in [-0.2, -0.15) is 0 Å². The number of benzene rings is 1. The van der Waals surface area contributed by atoms with Crippen LogP contribution in [0.1, 0.15) is 34.2 Å². The van der Waals surface area contributed by atoms with E-state index in [1.54, 1.807) is 24.4 Å². The van der Waals surface area contributed by atoms with Crippen LogP contribution >= 0.6 is 11.6 Å². The van der Waals surface area contributed by atoms with Gasteiger partial charge in [0.05, 0.1) is 16.5 Å². The molecule has 3 aromatic rings. The molecule has 0 aliphatic carbocycles. The highest BCUT2D eigenvalue weighted by Gasteiger charge is 2.31. The highest BCUT2D eigenvalue weighted by molar-refractivity contribution is 7.91. The molecule has 0 N–H and O–H groups in total. The zero-order valence-corrected chi connectivity index (χ0v) is 17.8. The van der Waals surface area contributed by atoms with Crippen molar-refractivity contribution in [3.05, 3.63) is 58.5 Å². The molecule has 0 radical (unpaired) electrons. The third-order valence-corrected chi connectivity index (χ3v) is 7.48. The van der Waals surface area contributed by atoms with Crippen LogP contribution in [0.4, 0.5) is 0 Å². The largest absolute Gasteiger partial charge is 0.483 e. The van der Waals surface area contributed by atoms with Gasteiger partial charge in [0, 0.05) is 34.6 Å². The quantitative estimate of drug-likeness (QED) is 0.571. The molecule has 1 aromatic carbocycles. The summed E-state index contributed by atoms with van der Waals surface area (Å²) in [5, 5.41) is 1.33. The molecule has 2 aromatic heterocycles. The minimum Gasteiger partial charge on any atom is -0.483 e. The number of aryl methyl sites for hydroxylation is 1. The molecule has 1 atom stereocenters. The molecule has 3 heterocycles. The lowest BCUT2D eigenvalue weighted by atomic mass is 10.1. The zero-order chi connectivity index (χ0) is 20.8. The maximum Gasteiger partial charge on any atom is 0.202 e. The minimum atomic E-state index is -3.01. The number of carbonyl (C=O) groups excluding carboxylic acids is 1. The predicted octanol–water partition coefficient (Wildman–Crippen LogP) is 3.93. The Hall–Kier alpha value is -2.38. The Kier molecular flexibility index (Phi) is 5.12. The summed E-state index contributed by atoms with van der Waals surface area (Å²) < 4.78 is 31.5. The highest BCUT2D eigenvalue weighted by atomic mass is 35.5. The van der Waals surface area contributed by atoms with Crippen LogP contribution in [0.3, 0.4) is 0 Å². The number of hydrogen-bond donors (Lipinski definition) is 0. The molecule has 0 bridgehead atoms. The van der Waals surface area contributed by atoms with Gasteiger partial charge in [-0.25, -0.2) is 8.42 Å². The Bertz CT molecular complexity index is 1220. The van der Waals surface area contributed by atoms with Gasteiger partial charge in [0.15, 0.2) is 16.4 Å². The maximum atomic E-state index is 12.8. The van der Waals surface area contributed by atoms with E-state index in [1.807, 2.05) is 30.5 Å². The van der Waals surface area contributed by atoms with Gasteiger partial charge in [-0.1, -0.05) is 11.6 Å². The van der Waals surface area contributed by atoms with Crippen molar-refractivity contribution < 1.29 is 17.9 Å². The van der Waals surface area contributed by atoms with Crippen LogP contribution in [0, 0.1) is 13.8 Å². The fourth-order valence-electron chi connectivity index (χ4n) is 4.05. The van der Waals surface area contributed by atoms with Crippen molar-refractivity contribution in [2.45, 2.75) is 26.3 Å². The third kappa shape index (κ3) is 3.76. The average molecular weight is 433 g/mol. The van der Waals surface area contributed by atoms with Crippen LogP contribution in [0.2, 0.25) is 5.02 Å². The van der Waals surface area contributed by atoms with E-state index < -0.39 is 9.84 Å². The summed E-state index contributed by atoms with van der Waals surface area (Å²) >= 11 is 6.20. The normalized spacial score (nSPS) is 18.2. The molecule has 1 aliphatic rings. The van der Waals surface area contributed by atoms with E-state index in [2.05, 4.69) is 4.98 Å². The fourth-order valence-corrected chi connectivity index (χ4v) is 5.97. The molecule has 1 aliphatic heterocycles. The summed E-state index contributed by atoms with van der Waals surface area (Å²) in [5.74, 6) is 0.645. The Labute approximate surface area is 174 Å². The van der Waals surface area contributed by atoms with Gasteiger partial charge in [0.2, 0.25) is 5.78 Å². The van der Waals surface area contributed by atoms with E-state index in [4.69, 9.17) is 16.3 Å². The number of aromatic nitrogens is 2. The number of fused-ring (bicyclic) bond motifs is 1. The topological polar surface area (TPSA) is 78.3 Å². The first kappa shape index (κ1) is 19.9. The van der Waals surface area contributed by atoms with Crippen molar-refractivity contribution in [3.63, 3.8) is 0 Å². The molecule has 0 amide bonds. The van der Waals surface area contributed by atoms with Crippen molar-refractivity contribution >= 4 is 38.1 Å². The summed E-state index contributed by atoms with van der Waals surface area (Å²) in [4.78, 5) is 17.2. The second-order valence-electron chi connectivity index (χ2n) is 7.37. The van der Waals surface area contributed by atoms with Gasteiger partial charge in [0.1, 0.15) is 11.3 Å². The van der Waals surface area contributed by atoms with Gasteiger partial charge in [-0.15, -0.1) is 0 Å². The van der Waals surface area contributed by atoms with Gasteiger partial charge in [-0.3, -0.25) is 9.78 Å². The number of hydrogen-bond acceptors (Lipinski definition) is 5. The van der Waals surface area contributed by atoms with Crippen LogP contribution in [-0.4, -0.2) is 41.9 Å². The number of ketones is 1. The Morgan fingerprint density at radius 1 is 1.31 bits per heavy atom. The number of carbonyl (C=O) groups is 1. The van der Waals surface area contributed by atoms with E-state index in [1.165, 1.54) is 0 Å². The summed E-state index contributed by atoms with van der Waals surface area (Å²) in [6.45, 7) is 3.61. The lowest BCUT2D eigenvalue weighted by Crippen LogP contribution is -2.16. The molecule has 1 saturated heterocycles. The first-order valence-corrected chi connectivity index (χ1v) is 11.5. The lowest BCUT2D eigenvalue weighted by molar-refractivity contribution is 0.0921. The van der Waals surface area contributed by atoms with E-state index in [9.17, 15) is 13.2 Å². The Morgan fingerprint density at radius 3 is 2.83 bits per heavy atom. The predicted molar refractivity (Wildman–Crippen MR) is 113 cm³/mol. The van der Waals surface area contributed by atoms with Gasteiger partial charge >= 0.3 is 0 Å². The van der Waals surface area contributed by atoms with Gasteiger partial charge < -0.3 is 9.30 Å². The molecular formula is C21H21ClN2O4S. The number of Topliss-reactive ketones (excluding diaryl/α,β-unsaturated/α-hetero) is 1. The number of halogens is 1. The molecular weight excluding hydrogens is 412 g/mol. The van der Waals surface area contributed by atoms with Crippen LogP contribution in [0.25, 0.3) is 10.9 Å². The minimum absolute atomic E-state index is 0.119. The van der Waals surface area contributed by atoms with Crippen molar-refractivity contribution in [1.82, 2.24) is 9.55 Å². The smallest absolute Gasteiger partial charge is 0.202 e. The van der Waals surface area contributed by atoms with Crippen LogP contribution in [-0.2, 0) is 9.84 Å². The summed E-state index contributed by atoms with van der Waals surface area (Å²) in [7, 11) is -3.01. The van der Waals surface area contributed by atoms with E-state index in [0.717, 1.165) is 16.8 Å². The van der Waals surface area contributed by atoms with Crippen molar-refractivity contribution in [1.29, 1.82) is 0 Å². The number of ether oxygens (including phenoxy) is 1. The molecule has 152 valence electrons. The van der Waals surface area contributed by atoms with E-state index >= 15 is 0 Å². The Balaban J connectivity index is 1.56. The molecule has 0 saturated carbocycles. The summed E-state index contributed by atoms with van der Waals surface area (Å²) in [6, 6.07) is 8.76.